The molecule has 0 aromatic heterocycles. The molecule has 2 rings (SSSR count). The van der Waals surface area contributed by atoms with E-state index in [0.29, 0.717) is 5.56 Å². The summed E-state index contributed by atoms with van der Waals surface area (Å²) in [7, 11) is 0. The first kappa shape index (κ1) is 10.4. The molecule has 0 unspecified atom stereocenters. The molecule has 1 aromatic carbocycles. The van der Waals surface area contributed by atoms with Gasteiger partial charge in [0.15, 0.2) is 0 Å². The molecule has 1 aliphatic carbocycles. The Hall–Kier alpha value is -2.09. The van der Waals surface area contributed by atoms with Crippen molar-refractivity contribution in [3.63, 3.8) is 0 Å². The highest BCUT2D eigenvalue weighted by Crippen LogP contribution is 2.16. The molecule has 0 radical (unpaired) electrons. The summed E-state index contributed by atoms with van der Waals surface area (Å²) in [6.45, 7) is 0. The summed E-state index contributed by atoms with van der Waals surface area (Å²) >= 11 is 0. The van der Waals surface area contributed by atoms with E-state index in [-0.39, 0.29) is 0 Å². The average molecular weight is 212 g/mol. The Balaban J connectivity index is 2.11. The second-order valence-corrected chi connectivity index (χ2v) is 3.42. The van der Waals surface area contributed by atoms with Crippen molar-refractivity contribution >= 4 is 6.29 Å². The van der Waals surface area contributed by atoms with E-state index in [1.807, 2.05) is 24.3 Å². The maximum absolute atomic E-state index is 10.5. The molecule has 0 fully saturated rings. The van der Waals surface area contributed by atoms with Gasteiger partial charge in [-0.1, -0.05) is 18.2 Å². The van der Waals surface area contributed by atoms with Crippen molar-refractivity contribution in [2.75, 3.05) is 0 Å². The minimum Gasteiger partial charge on any atom is -0.457 e. The maximum atomic E-state index is 10.5. The summed E-state index contributed by atoms with van der Waals surface area (Å²) in [5.74, 6) is 1.53. The number of ether oxygens (including phenoxy) is 1. The van der Waals surface area contributed by atoms with Crippen LogP contribution in [0.5, 0.6) is 5.75 Å². The van der Waals surface area contributed by atoms with Crippen molar-refractivity contribution in [1.29, 1.82) is 0 Å². The second-order valence-electron chi connectivity index (χ2n) is 3.42. The lowest BCUT2D eigenvalue weighted by Crippen LogP contribution is -1.91. The Labute approximate surface area is 94.6 Å². The van der Waals surface area contributed by atoms with Crippen molar-refractivity contribution in [2.24, 2.45) is 0 Å². The number of allylic oxidation sites excluding steroid dienone is 5. The SMILES string of the molecule is O=Cc1ccc(OC2=CC=CCC=C2)cc1. The summed E-state index contributed by atoms with van der Waals surface area (Å²) in [4.78, 5) is 10.5. The number of hydrogen-bond donors (Lipinski definition) is 0. The number of rotatable bonds is 3. The first-order valence-corrected chi connectivity index (χ1v) is 5.15. The Morgan fingerprint density at radius 3 is 2.69 bits per heavy atom. The van der Waals surface area contributed by atoms with E-state index in [0.717, 1.165) is 24.2 Å². The third kappa shape index (κ3) is 2.70. The van der Waals surface area contributed by atoms with Crippen molar-refractivity contribution in [3.05, 3.63) is 66.0 Å². The number of carbonyl (C=O) groups is 1. The normalized spacial score (nSPS) is 14.1. The zero-order valence-electron chi connectivity index (χ0n) is 8.80. The fraction of sp³-hybridized carbons (Fsp3) is 0.0714. The van der Waals surface area contributed by atoms with E-state index in [4.69, 9.17) is 4.74 Å². The van der Waals surface area contributed by atoms with Gasteiger partial charge in [-0.2, -0.15) is 0 Å². The van der Waals surface area contributed by atoms with Gasteiger partial charge >= 0.3 is 0 Å². The number of carbonyl (C=O) groups excluding carboxylic acids is 1. The van der Waals surface area contributed by atoms with Crippen LogP contribution in [0.25, 0.3) is 0 Å². The summed E-state index contributed by atoms with van der Waals surface area (Å²) in [6.07, 6.45) is 11.7. The molecule has 2 nitrogen and oxygen atoms in total. The van der Waals surface area contributed by atoms with Gasteiger partial charge in [-0.15, -0.1) is 0 Å². The molecular weight excluding hydrogens is 200 g/mol. The van der Waals surface area contributed by atoms with Gasteiger partial charge in [0.1, 0.15) is 17.8 Å². The van der Waals surface area contributed by atoms with Gasteiger partial charge < -0.3 is 4.74 Å². The molecule has 0 bridgehead atoms. The van der Waals surface area contributed by atoms with Crippen LogP contribution >= 0.6 is 0 Å². The van der Waals surface area contributed by atoms with Crippen LogP contribution in [0.3, 0.4) is 0 Å². The number of hydrogen-bond acceptors (Lipinski definition) is 2. The van der Waals surface area contributed by atoms with E-state index in [1.54, 1.807) is 24.3 Å². The van der Waals surface area contributed by atoms with E-state index in [2.05, 4.69) is 6.08 Å². The molecule has 2 heteroatoms. The van der Waals surface area contributed by atoms with E-state index < -0.39 is 0 Å². The molecule has 16 heavy (non-hydrogen) atoms. The highest BCUT2D eigenvalue weighted by Gasteiger charge is 1.98. The van der Waals surface area contributed by atoms with Crippen molar-refractivity contribution in [3.8, 4) is 5.75 Å². The fourth-order valence-corrected chi connectivity index (χ4v) is 1.38. The van der Waals surface area contributed by atoms with E-state index in [1.165, 1.54) is 0 Å². The van der Waals surface area contributed by atoms with Gasteiger partial charge in [-0.05, 0) is 42.8 Å². The van der Waals surface area contributed by atoms with Gasteiger partial charge in [0.25, 0.3) is 0 Å². The van der Waals surface area contributed by atoms with Crippen LogP contribution in [0, 0.1) is 0 Å². The number of benzene rings is 1. The molecule has 0 amide bonds. The first-order chi connectivity index (χ1) is 7.88. The Kier molecular flexibility index (Phi) is 3.34. The third-order valence-corrected chi connectivity index (χ3v) is 2.20. The molecule has 0 aliphatic heterocycles. The molecule has 80 valence electrons. The van der Waals surface area contributed by atoms with E-state index >= 15 is 0 Å². The summed E-state index contributed by atoms with van der Waals surface area (Å²) < 4.78 is 5.64. The molecule has 0 N–H and O–H groups in total. The molecule has 0 saturated carbocycles. The predicted octanol–water partition coefficient (Wildman–Crippen LogP) is 3.28. The molecular formula is C14H12O2. The van der Waals surface area contributed by atoms with Gasteiger partial charge in [-0.3, -0.25) is 4.79 Å². The molecule has 0 spiro atoms. The summed E-state index contributed by atoms with van der Waals surface area (Å²) in [6, 6.07) is 7.04. The molecule has 0 heterocycles. The van der Waals surface area contributed by atoms with Crippen molar-refractivity contribution in [1.82, 2.24) is 0 Å². The monoisotopic (exact) mass is 212 g/mol. The lowest BCUT2D eigenvalue weighted by Gasteiger charge is -2.05. The standard InChI is InChI=1S/C14H12O2/c15-11-12-7-9-14(10-8-12)16-13-5-3-1-2-4-6-13/h1,3-11H,2H2. The summed E-state index contributed by atoms with van der Waals surface area (Å²) in [5, 5.41) is 0. The second kappa shape index (κ2) is 5.12. The van der Waals surface area contributed by atoms with E-state index in [9.17, 15) is 4.79 Å². The van der Waals surface area contributed by atoms with Gasteiger partial charge in [0.2, 0.25) is 0 Å². The Bertz CT molecular complexity index is 450. The Morgan fingerprint density at radius 1 is 1.12 bits per heavy atom. The quantitative estimate of drug-likeness (QED) is 0.719. The van der Waals surface area contributed by atoms with Crippen molar-refractivity contribution < 1.29 is 9.53 Å². The van der Waals surface area contributed by atoms with Crippen LogP contribution in [0.15, 0.2) is 60.4 Å². The minimum absolute atomic E-state index is 0.651. The number of aldehydes is 1. The highest BCUT2D eigenvalue weighted by molar-refractivity contribution is 5.74. The van der Waals surface area contributed by atoms with Crippen LogP contribution in [-0.2, 0) is 0 Å². The van der Waals surface area contributed by atoms with Gasteiger partial charge in [-0.25, -0.2) is 0 Å². The third-order valence-electron chi connectivity index (χ3n) is 2.20. The predicted molar refractivity (Wildman–Crippen MR) is 63.4 cm³/mol. The van der Waals surface area contributed by atoms with Crippen LogP contribution in [0.4, 0.5) is 0 Å². The maximum Gasteiger partial charge on any atom is 0.150 e. The molecule has 0 atom stereocenters. The topological polar surface area (TPSA) is 26.3 Å². The lowest BCUT2D eigenvalue weighted by molar-refractivity contribution is 0.112. The van der Waals surface area contributed by atoms with Crippen LogP contribution < -0.4 is 4.74 Å². The Morgan fingerprint density at radius 2 is 1.94 bits per heavy atom. The lowest BCUT2D eigenvalue weighted by atomic mass is 10.2. The summed E-state index contributed by atoms with van der Waals surface area (Å²) in [5.41, 5.74) is 0.651. The zero-order valence-corrected chi connectivity index (χ0v) is 8.80. The van der Waals surface area contributed by atoms with Crippen LogP contribution in [0.2, 0.25) is 0 Å². The van der Waals surface area contributed by atoms with Crippen molar-refractivity contribution in [2.45, 2.75) is 6.42 Å². The highest BCUT2D eigenvalue weighted by atomic mass is 16.5. The largest absolute Gasteiger partial charge is 0.457 e. The fourth-order valence-electron chi connectivity index (χ4n) is 1.38. The first-order valence-electron chi connectivity index (χ1n) is 5.15. The van der Waals surface area contributed by atoms with Crippen LogP contribution in [0.1, 0.15) is 16.8 Å². The smallest absolute Gasteiger partial charge is 0.150 e. The van der Waals surface area contributed by atoms with Crippen LogP contribution in [-0.4, -0.2) is 6.29 Å². The van der Waals surface area contributed by atoms with Gasteiger partial charge in [0.05, 0.1) is 0 Å². The zero-order chi connectivity index (χ0) is 11.2. The molecule has 1 aromatic rings. The minimum atomic E-state index is 0.651. The molecule has 1 aliphatic rings. The average Bonchev–Trinajstić information content (AvgIpc) is 2.59. The molecule has 0 saturated heterocycles. The van der Waals surface area contributed by atoms with Gasteiger partial charge in [0, 0.05) is 5.56 Å².